The second-order valence-electron chi connectivity index (χ2n) is 4.37. The Kier molecular flexibility index (Phi) is 3.73. The summed E-state index contributed by atoms with van der Waals surface area (Å²) in [6, 6.07) is 5.78. The molecule has 0 aliphatic carbocycles. The van der Waals surface area contributed by atoms with Crippen LogP contribution in [-0.2, 0) is 0 Å². The maximum Gasteiger partial charge on any atom is 0.130 e. The van der Waals surface area contributed by atoms with Crippen molar-refractivity contribution < 1.29 is 4.74 Å². The largest absolute Gasteiger partial charge is 0.496 e. The Hall–Kier alpha value is -1.33. The van der Waals surface area contributed by atoms with Crippen molar-refractivity contribution in [1.82, 2.24) is 4.98 Å². The first-order chi connectivity index (χ1) is 8.58. The summed E-state index contributed by atoms with van der Waals surface area (Å²) >= 11 is 3.52. The predicted octanol–water partition coefficient (Wildman–Crippen LogP) is 3.41. The summed E-state index contributed by atoms with van der Waals surface area (Å²) in [5.74, 6) is 6.70. The van der Waals surface area contributed by atoms with Gasteiger partial charge in [0.2, 0.25) is 0 Å². The number of nitrogens with two attached hydrogens (primary N) is 1. The normalized spacial score (nSPS) is 11.0. The van der Waals surface area contributed by atoms with Crippen LogP contribution in [0.1, 0.15) is 25.5 Å². The van der Waals surface area contributed by atoms with Crippen LogP contribution in [-0.4, -0.2) is 12.1 Å². The molecule has 96 valence electrons. The van der Waals surface area contributed by atoms with Crippen LogP contribution >= 0.6 is 15.9 Å². The Balaban J connectivity index is 2.86. The van der Waals surface area contributed by atoms with E-state index in [2.05, 4.69) is 40.2 Å². The van der Waals surface area contributed by atoms with Crippen molar-refractivity contribution >= 4 is 32.5 Å². The van der Waals surface area contributed by atoms with E-state index in [4.69, 9.17) is 10.6 Å². The highest BCUT2D eigenvalue weighted by Gasteiger charge is 2.14. The van der Waals surface area contributed by atoms with E-state index >= 15 is 0 Å². The first kappa shape index (κ1) is 13.1. The smallest absolute Gasteiger partial charge is 0.130 e. The first-order valence-corrected chi connectivity index (χ1v) is 6.51. The molecule has 4 nitrogen and oxygen atoms in total. The van der Waals surface area contributed by atoms with E-state index in [0.717, 1.165) is 32.5 Å². The molecule has 0 bridgehead atoms. The standard InChI is InChI=1S/C13H16BrN3O/c1-7(2)9-6-10(17-15)12-11(18-3)5-4-8(14)13(12)16-9/h4-7H,15H2,1-3H3,(H,16,17). The van der Waals surface area contributed by atoms with Crippen LogP contribution in [0.2, 0.25) is 0 Å². The monoisotopic (exact) mass is 309 g/mol. The van der Waals surface area contributed by atoms with Gasteiger partial charge in [0.1, 0.15) is 5.75 Å². The Labute approximate surface area is 115 Å². The third kappa shape index (κ3) is 2.15. The minimum absolute atomic E-state index is 0.333. The second-order valence-corrected chi connectivity index (χ2v) is 5.22. The lowest BCUT2D eigenvalue weighted by atomic mass is 10.1. The van der Waals surface area contributed by atoms with Crippen molar-refractivity contribution in [3.8, 4) is 5.75 Å². The van der Waals surface area contributed by atoms with Crippen LogP contribution in [0.3, 0.4) is 0 Å². The van der Waals surface area contributed by atoms with Gasteiger partial charge in [0.25, 0.3) is 0 Å². The van der Waals surface area contributed by atoms with Crippen molar-refractivity contribution in [1.29, 1.82) is 0 Å². The predicted molar refractivity (Wildman–Crippen MR) is 77.9 cm³/mol. The Bertz CT molecular complexity index is 584. The minimum atomic E-state index is 0.333. The first-order valence-electron chi connectivity index (χ1n) is 5.72. The quantitative estimate of drug-likeness (QED) is 0.674. The van der Waals surface area contributed by atoms with E-state index in [1.807, 2.05) is 18.2 Å². The zero-order chi connectivity index (χ0) is 13.3. The molecule has 1 heterocycles. The molecular weight excluding hydrogens is 294 g/mol. The van der Waals surface area contributed by atoms with Crippen molar-refractivity contribution in [3.05, 3.63) is 28.4 Å². The van der Waals surface area contributed by atoms with Crippen molar-refractivity contribution in [2.75, 3.05) is 12.5 Å². The highest BCUT2D eigenvalue weighted by atomic mass is 79.9. The maximum atomic E-state index is 5.61. The van der Waals surface area contributed by atoms with Gasteiger partial charge in [-0.3, -0.25) is 10.8 Å². The third-order valence-corrected chi connectivity index (χ3v) is 3.50. The number of hydrazine groups is 1. The summed E-state index contributed by atoms with van der Waals surface area (Å²) in [5, 5.41) is 0.888. The van der Waals surface area contributed by atoms with E-state index in [9.17, 15) is 0 Å². The fourth-order valence-electron chi connectivity index (χ4n) is 1.88. The van der Waals surface area contributed by atoms with Gasteiger partial charge in [0, 0.05) is 10.2 Å². The lowest BCUT2D eigenvalue weighted by Gasteiger charge is -2.14. The van der Waals surface area contributed by atoms with E-state index in [-0.39, 0.29) is 0 Å². The van der Waals surface area contributed by atoms with Gasteiger partial charge >= 0.3 is 0 Å². The average Bonchev–Trinajstić information content (AvgIpc) is 2.38. The highest BCUT2D eigenvalue weighted by Crippen LogP contribution is 2.36. The van der Waals surface area contributed by atoms with Crippen molar-refractivity contribution in [3.63, 3.8) is 0 Å². The van der Waals surface area contributed by atoms with Crippen LogP contribution in [0.5, 0.6) is 5.75 Å². The lowest BCUT2D eigenvalue weighted by Crippen LogP contribution is -2.09. The fourth-order valence-corrected chi connectivity index (χ4v) is 2.30. The number of aromatic nitrogens is 1. The molecule has 18 heavy (non-hydrogen) atoms. The summed E-state index contributed by atoms with van der Waals surface area (Å²) in [7, 11) is 1.64. The number of rotatable bonds is 3. The fraction of sp³-hybridized carbons (Fsp3) is 0.308. The highest BCUT2D eigenvalue weighted by molar-refractivity contribution is 9.10. The van der Waals surface area contributed by atoms with Gasteiger partial charge in [-0.05, 0) is 40.0 Å². The summed E-state index contributed by atoms with van der Waals surface area (Å²) in [5.41, 5.74) is 5.39. The molecule has 0 spiro atoms. The second kappa shape index (κ2) is 5.12. The van der Waals surface area contributed by atoms with E-state index < -0.39 is 0 Å². The number of fused-ring (bicyclic) bond motifs is 1. The van der Waals surface area contributed by atoms with Gasteiger partial charge in [0.05, 0.1) is 23.7 Å². The number of ether oxygens (including phenoxy) is 1. The van der Waals surface area contributed by atoms with Gasteiger partial charge in [-0.25, -0.2) is 0 Å². The van der Waals surface area contributed by atoms with Crippen molar-refractivity contribution in [2.24, 2.45) is 5.84 Å². The molecule has 2 rings (SSSR count). The molecule has 0 atom stereocenters. The molecule has 0 aliphatic rings. The van der Waals surface area contributed by atoms with Gasteiger partial charge in [-0.1, -0.05) is 13.8 Å². The summed E-state index contributed by atoms with van der Waals surface area (Å²) in [6.45, 7) is 4.20. The van der Waals surface area contributed by atoms with Crippen LogP contribution in [0, 0.1) is 0 Å². The van der Waals surface area contributed by atoms with Crippen LogP contribution in [0.25, 0.3) is 10.9 Å². The lowest BCUT2D eigenvalue weighted by molar-refractivity contribution is 0.420. The van der Waals surface area contributed by atoms with Crippen LogP contribution in [0.15, 0.2) is 22.7 Å². The Morgan fingerprint density at radius 1 is 1.39 bits per heavy atom. The zero-order valence-corrected chi connectivity index (χ0v) is 12.2. The van der Waals surface area contributed by atoms with Crippen molar-refractivity contribution in [2.45, 2.75) is 19.8 Å². The van der Waals surface area contributed by atoms with E-state index in [1.54, 1.807) is 7.11 Å². The van der Waals surface area contributed by atoms with Gasteiger partial charge in [-0.2, -0.15) is 0 Å². The number of halogens is 1. The molecule has 0 radical (unpaired) electrons. The number of nitrogens with zero attached hydrogens (tertiary/aromatic N) is 1. The van der Waals surface area contributed by atoms with Gasteiger partial charge < -0.3 is 10.2 Å². The molecule has 1 aromatic carbocycles. The van der Waals surface area contributed by atoms with E-state index in [0.29, 0.717) is 5.92 Å². The number of hydrogen-bond acceptors (Lipinski definition) is 4. The zero-order valence-electron chi connectivity index (χ0n) is 10.6. The number of methoxy groups -OCH3 is 1. The maximum absolute atomic E-state index is 5.61. The summed E-state index contributed by atoms with van der Waals surface area (Å²) in [4.78, 5) is 4.67. The summed E-state index contributed by atoms with van der Waals surface area (Å²) in [6.07, 6.45) is 0. The molecule has 1 aromatic heterocycles. The molecule has 0 aliphatic heterocycles. The number of anilines is 1. The number of nitrogen functional groups attached to an aromatic ring is 1. The summed E-state index contributed by atoms with van der Waals surface area (Å²) < 4.78 is 6.30. The molecule has 5 heteroatoms. The molecule has 0 unspecified atom stereocenters. The molecule has 3 N–H and O–H groups in total. The third-order valence-electron chi connectivity index (χ3n) is 2.86. The molecule has 0 saturated heterocycles. The number of benzene rings is 1. The molecule has 0 fully saturated rings. The molecule has 0 saturated carbocycles. The van der Waals surface area contributed by atoms with Crippen LogP contribution < -0.4 is 16.0 Å². The van der Waals surface area contributed by atoms with Crippen LogP contribution in [0.4, 0.5) is 5.69 Å². The number of nitrogens with one attached hydrogen (secondary N) is 1. The Morgan fingerprint density at radius 3 is 2.67 bits per heavy atom. The minimum Gasteiger partial charge on any atom is -0.496 e. The van der Waals surface area contributed by atoms with Gasteiger partial charge in [-0.15, -0.1) is 0 Å². The molecule has 2 aromatic rings. The number of pyridine rings is 1. The molecule has 0 amide bonds. The topological polar surface area (TPSA) is 60.2 Å². The van der Waals surface area contributed by atoms with Gasteiger partial charge in [0.15, 0.2) is 0 Å². The SMILES string of the molecule is COc1ccc(Br)c2nc(C(C)C)cc(NN)c12. The number of hydrogen-bond donors (Lipinski definition) is 2. The molecular formula is C13H16BrN3O. The van der Waals surface area contributed by atoms with E-state index in [1.165, 1.54) is 0 Å². The average molecular weight is 310 g/mol. The Morgan fingerprint density at radius 2 is 2.11 bits per heavy atom.